The summed E-state index contributed by atoms with van der Waals surface area (Å²) in [6, 6.07) is 14.9. The van der Waals surface area contributed by atoms with Gasteiger partial charge in [-0.15, -0.1) is 0 Å². The normalized spacial score (nSPS) is 11.6. The summed E-state index contributed by atoms with van der Waals surface area (Å²) in [6.45, 7) is 4.33. The number of aliphatic hydroxyl groups is 1. The van der Waals surface area contributed by atoms with E-state index in [0.29, 0.717) is 17.7 Å². The number of para-hydroxylation sites is 1. The molecule has 5 heteroatoms. The number of fused-ring (bicyclic) bond motifs is 1. The summed E-state index contributed by atoms with van der Waals surface area (Å²) in [5.41, 5.74) is 1.68. The largest absolute Gasteiger partial charge is 0.493 e. The van der Waals surface area contributed by atoms with Crippen LogP contribution in [0.1, 0.15) is 24.2 Å². The molecule has 130 valence electrons. The number of ether oxygens (including phenoxy) is 1. The molecule has 0 aliphatic heterocycles. The smallest absolute Gasteiger partial charge is 0.337 e. The van der Waals surface area contributed by atoms with Crippen molar-refractivity contribution in [3.05, 3.63) is 60.3 Å². The van der Waals surface area contributed by atoms with Crippen LogP contribution < -0.4 is 4.74 Å². The Morgan fingerprint density at radius 2 is 1.80 bits per heavy atom. The molecular formula is C20H21NO4. The zero-order valence-corrected chi connectivity index (χ0v) is 14.3. The number of nitrogens with zero attached hydrogens (tertiary/aromatic N) is 1. The Hall–Kier alpha value is -2.79. The van der Waals surface area contributed by atoms with Crippen LogP contribution in [0.5, 0.6) is 5.75 Å². The Balaban J connectivity index is 1.90. The van der Waals surface area contributed by atoms with E-state index in [1.54, 1.807) is 6.20 Å². The fourth-order valence-electron chi connectivity index (χ4n) is 2.59. The first kappa shape index (κ1) is 17.0. The van der Waals surface area contributed by atoms with Crippen LogP contribution in [0.2, 0.25) is 0 Å². The van der Waals surface area contributed by atoms with Gasteiger partial charge in [-0.25, -0.2) is 4.79 Å². The zero-order valence-electron chi connectivity index (χ0n) is 14.3. The highest BCUT2D eigenvalue weighted by Crippen LogP contribution is 2.26. The SMILES string of the molecule is CC(C)(CO)COc1ccc(-n2cc(C(=O)O)c3ccccc32)cc1. The van der Waals surface area contributed by atoms with Gasteiger partial charge in [-0.3, -0.25) is 0 Å². The number of carboxylic acids is 1. The Bertz CT molecular complexity index is 894. The molecule has 0 spiro atoms. The maximum Gasteiger partial charge on any atom is 0.337 e. The van der Waals surface area contributed by atoms with Crippen LogP contribution in [0, 0.1) is 5.41 Å². The van der Waals surface area contributed by atoms with Gasteiger partial charge in [0.1, 0.15) is 5.75 Å². The number of carbonyl (C=O) groups is 1. The average molecular weight is 339 g/mol. The minimum Gasteiger partial charge on any atom is -0.493 e. The Morgan fingerprint density at radius 3 is 2.44 bits per heavy atom. The Labute approximate surface area is 146 Å². The molecule has 2 N–H and O–H groups in total. The maximum atomic E-state index is 11.5. The van der Waals surface area contributed by atoms with Gasteiger partial charge in [0.05, 0.1) is 24.3 Å². The van der Waals surface area contributed by atoms with Crippen molar-refractivity contribution in [2.45, 2.75) is 13.8 Å². The van der Waals surface area contributed by atoms with Gasteiger partial charge in [0.15, 0.2) is 0 Å². The molecule has 3 aromatic rings. The molecule has 0 fully saturated rings. The van der Waals surface area contributed by atoms with Gasteiger partial charge in [0.25, 0.3) is 0 Å². The Kier molecular flexibility index (Phi) is 4.51. The number of carboxylic acid groups (broad SMARTS) is 1. The summed E-state index contributed by atoms with van der Waals surface area (Å²) in [7, 11) is 0. The summed E-state index contributed by atoms with van der Waals surface area (Å²) in [5, 5.41) is 19.4. The number of aromatic carboxylic acids is 1. The molecule has 3 rings (SSSR count). The molecule has 0 amide bonds. The predicted octanol–water partition coefficient (Wildman–Crippen LogP) is 3.73. The minimum absolute atomic E-state index is 0.0540. The van der Waals surface area contributed by atoms with Gasteiger partial charge in [-0.1, -0.05) is 32.0 Å². The lowest BCUT2D eigenvalue weighted by molar-refractivity contribution is 0.0699. The topological polar surface area (TPSA) is 71.7 Å². The van der Waals surface area contributed by atoms with Gasteiger partial charge in [0, 0.05) is 22.7 Å². The minimum atomic E-state index is -0.943. The molecular weight excluding hydrogens is 318 g/mol. The monoisotopic (exact) mass is 339 g/mol. The molecule has 0 unspecified atom stereocenters. The number of benzene rings is 2. The molecule has 25 heavy (non-hydrogen) atoms. The number of hydrogen-bond acceptors (Lipinski definition) is 3. The second-order valence-corrected chi connectivity index (χ2v) is 6.84. The van der Waals surface area contributed by atoms with Gasteiger partial charge < -0.3 is 19.5 Å². The quantitative estimate of drug-likeness (QED) is 0.718. The van der Waals surface area contributed by atoms with Crippen molar-refractivity contribution in [3.63, 3.8) is 0 Å². The van der Waals surface area contributed by atoms with E-state index in [-0.39, 0.29) is 17.6 Å². The highest BCUT2D eigenvalue weighted by molar-refractivity contribution is 6.04. The van der Waals surface area contributed by atoms with Crippen LogP contribution in [0.15, 0.2) is 54.7 Å². The number of aliphatic hydroxyl groups excluding tert-OH is 1. The van der Waals surface area contributed by atoms with Crippen molar-refractivity contribution in [2.75, 3.05) is 13.2 Å². The van der Waals surface area contributed by atoms with Gasteiger partial charge in [-0.05, 0) is 30.3 Å². The lowest BCUT2D eigenvalue weighted by Gasteiger charge is -2.21. The van der Waals surface area contributed by atoms with Crippen LogP contribution >= 0.6 is 0 Å². The van der Waals surface area contributed by atoms with Gasteiger partial charge in [-0.2, -0.15) is 0 Å². The van der Waals surface area contributed by atoms with Crippen molar-refractivity contribution >= 4 is 16.9 Å². The lowest BCUT2D eigenvalue weighted by atomic mass is 9.97. The van der Waals surface area contributed by atoms with Crippen molar-refractivity contribution < 1.29 is 19.7 Å². The molecule has 0 atom stereocenters. The standard InChI is InChI=1S/C20H21NO4/c1-20(2,12-22)13-25-15-9-7-14(8-10-15)21-11-17(19(23)24)16-5-3-4-6-18(16)21/h3-11,22H,12-13H2,1-2H3,(H,23,24). The first-order valence-corrected chi connectivity index (χ1v) is 8.09. The summed E-state index contributed by atoms with van der Waals surface area (Å²) in [5.74, 6) is -0.235. The Morgan fingerprint density at radius 1 is 1.12 bits per heavy atom. The first-order chi connectivity index (χ1) is 11.9. The molecule has 0 bridgehead atoms. The third-order valence-corrected chi connectivity index (χ3v) is 4.11. The lowest BCUT2D eigenvalue weighted by Crippen LogP contribution is -2.25. The molecule has 0 aliphatic carbocycles. The summed E-state index contributed by atoms with van der Waals surface area (Å²) in [4.78, 5) is 11.5. The number of hydrogen-bond donors (Lipinski definition) is 2. The third kappa shape index (κ3) is 3.51. The molecule has 1 aromatic heterocycles. The van der Waals surface area contributed by atoms with Gasteiger partial charge >= 0.3 is 5.97 Å². The molecule has 5 nitrogen and oxygen atoms in total. The highest BCUT2D eigenvalue weighted by atomic mass is 16.5. The second kappa shape index (κ2) is 6.61. The van der Waals surface area contributed by atoms with Crippen molar-refractivity contribution in [1.82, 2.24) is 4.57 Å². The van der Waals surface area contributed by atoms with Crippen LogP contribution in [0.25, 0.3) is 16.6 Å². The maximum absolute atomic E-state index is 11.5. The average Bonchev–Trinajstić information content (AvgIpc) is 3.00. The van der Waals surface area contributed by atoms with E-state index in [4.69, 9.17) is 4.74 Å². The van der Waals surface area contributed by atoms with Crippen LogP contribution in [0.4, 0.5) is 0 Å². The number of rotatable bonds is 6. The number of aromatic nitrogens is 1. The molecule has 1 heterocycles. The van der Waals surface area contributed by atoms with Crippen LogP contribution in [0.3, 0.4) is 0 Å². The van der Waals surface area contributed by atoms with Gasteiger partial charge in [0.2, 0.25) is 0 Å². The van der Waals surface area contributed by atoms with Crippen molar-refractivity contribution in [3.8, 4) is 11.4 Å². The first-order valence-electron chi connectivity index (χ1n) is 8.09. The summed E-state index contributed by atoms with van der Waals surface area (Å²) >= 11 is 0. The summed E-state index contributed by atoms with van der Waals surface area (Å²) < 4.78 is 7.58. The fourth-order valence-corrected chi connectivity index (χ4v) is 2.59. The molecule has 2 aromatic carbocycles. The third-order valence-electron chi connectivity index (χ3n) is 4.11. The molecule has 0 radical (unpaired) electrons. The predicted molar refractivity (Wildman–Crippen MR) is 96.6 cm³/mol. The second-order valence-electron chi connectivity index (χ2n) is 6.84. The highest BCUT2D eigenvalue weighted by Gasteiger charge is 2.18. The zero-order chi connectivity index (χ0) is 18.0. The molecule has 0 saturated heterocycles. The van der Waals surface area contributed by atoms with E-state index in [2.05, 4.69) is 0 Å². The van der Waals surface area contributed by atoms with Crippen molar-refractivity contribution in [1.29, 1.82) is 0 Å². The van der Waals surface area contributed by atoms with E-state index in [1.807, 2.05) is 66.9 Å². The van der Waals surface area contributed by atoms with Crippen LogP contribution in [-0.4, -0.2) is 34.0 Å². The van der Waals surface area contributed by atoms with Crippen LogP contribution in [-0.2, 0) is 0 Å². The summed E-state index contributed by atoms with van der Waals surface area (Å²) in [6.07, 6.45) is 1.64. The van der Waals surface area contributed by atoms with Crippen molar-refractivity contribution in [2.24, 2.45) is 5.41 Å². The van der Waals surface area contributed by atoms with E-state index in [9.17, 15) is 15.0 Å². The van der Waals surface area contributed by atoms with E-state index in [1.165, 1.54) is 0 Å². The van der Waals surface area contributed by atoms with E-state index >= 15 is 0 Å². The van der Waals surface area contributed by atoms with E-state index < -0.39 is 5.97 Å². The van der Waals surface area contributed by atoms with E-state index in [0.717, 1.165) is 11.2 Å². The molecule has 0 aliphatic rings. The fraction of sp³-hybridized carbons (Fsp3) is 0.250. The molecule has 0 saturated carbocycles.